The van der Waals surface area contributed by atoms with Crippen LogP contribution >= 0.6 is 0 Å². The zero-order valence-electron chi connectivity index (χ0n) is 18.6. The van der Waals surface area contributed by atoms with Crippen LogP contribution in [0.25, 0.3) is 0 Å². The summed E-state index contributed by atoms with van der Waals surface area (Å²) in [6.07, 6.45) is 1.71. The Morgan fingerprint density at radius 1 is 1.00 bits per heavy atom. The van der Waals surface area contributed by atoms with Gasteiger partial charge in [0.1, 0.15) is 17.5 Å². The van der Waals surface area contributed by atoms with Crippen LogP contribution in [-0.4, -0.2) is 70.2 Å². The van der Waals surface area contributed by atoms with Gasteiger partial charge in [0, 0.05) is 45.2 Å². The van der Waals surface area contributed by atoms with Gasteiger partial charge in [-0.2, -0.15) is 0 Å². The summed E-state index contributed by atoms with van der Waals surface area (Å²) in [7, 11) is -3.66. The first-order valence-electron chi connectivity index (χ1n) is 11.3. The van der Waals surface area contributed by atoms with Crippen LogP contribution in [0.2, 0.25) is 0 Å². The van der Waals surface area contributed by atoms with Crippen molar-refractivity contribution in [2.45, 2.75) is 31.1 Å². The van der Waals surface area contributed by atoms with E-state index in [0.29, 0.717) is 57.2 Å². The average molecular weight is 473 g/mol. The SMILES string of the molecule is Cc1nc(NCCNS(=O)(=O)c2cc3c4c(c2)CCN4C(=O)CC3)cc(N2CCOCC2)n1. The molecule has 1 saturated heterocycles. The number of benzene rings is 1. The first-order chi connectivity index (χ1) is 15.9. The number of aryl methyl sites for hydroxylation is 2. The van der Waals surface area contributed by atoms with E-state index >= 15 is 0 Å². The molecule has 0 spiro atoms. The number of sulfonamides is 1. The number of nitrogens with one attached hydrogen (secondary N) is 2. The largest absolute Gasteiger partial charge is 0.378 e. The van der Waals surface area contributed by atoms with Crippen molar-refractivity contribution in [3.05, 3.63) is 35.2 Å². The molecule has 1 aromatic carbocycles. The fraction of sp³-hybridized carbons (Fsp3) is 0.500. The third-order valence-corrected chi connectivity index (χ3v) is 7.66. The molecule has 0 radical (unpaired) electrons. The lowest BCUT2D eigenvalue weighted by atomic mass is 10.00. The van der Waals surface area contributed by atoms with Gasteiger partial charge in [0.05, 0.1) is 23.8 Å². The van der Waals surface area contributed by atoms with E-state index in [-0.39, 0.29) is 17.3 Å². The van der Waals surface area contributed by atoms with E-state index in [0.717, 1.165) is 35.7 Å². The number of ether oxygens (including phenoxy) is 1. The van der Waals surface area contributed by atoms with E-state index in [1.54, 1.807) is 17.0 Å². The molecule has 1 fully saturated rings. The van der Waals surface area contributed by atoms with Gasteiger partial charge >= 0.3 is 0 Å². The van der Waals surface area contributed by atoms with E-state index in [2.05, 4.69) is 24.9 Å². The lowest BCUT2D eigenvalue weighted by Crippen LogP contribution is -2.37. The number of hydrogen-bond donors (Lipinski definition) is 2. The van der Waals surface area contributed by atoms with Crippen molar-refractivity contribution in [1.29, 1.82) is 0 Å². The summed E-state index contributed by atoms with van der Waals surface area (Å²) in [5, 5.41) is 3.19. The minimum absolute atomic E-state index is 0.123. The van der Waals surface area contributed by atoms with Crippen molar-refractivity contribution >= 4 is 33.3 Å². The highest BCUT2D eigenvalue weighted by Crippen LogP contribution is 2.38. The predicted molar refractivity (Wildman–Crippen MR) is 124 cm³/mol. The Labute approximate surface area is 193 Å². The lowest BCUT2D eigenvalue weighted by Gasteiger charge is -2.28. The van der Waals surface area contributed by atoms with Crippen LogP contribution in [-0.2, 0) is 32.4 Å². The van der Waals surface area contributed by atoms with Gasteiger partial charge in [-0.3, -0.25) is 4.79 Å². The molecule has 0 atom stereocenters. The predicted octanol–water partition coefficient (Wildman–Crippen LogP) is 0.847. The van der Waals surface area contributed by atoms with Crippen molar-refractivity contribution < 1.29 is 17.9 Å². The summed E-state index contributed by atoms with van der Waals surface area (Å²) in [5.74, 6) is 2.28. The Morgan fingerprint density at radius 2 is 1.76 bits per heavy atom. The van der Waals surface area contributed by atoms with E-state index < -0.39 is 10.0 Å². The number of carbonyl (C=O) groups excluding carboxylic acids is 1. The van der Waals surface area contributed by atoms with Gasteiger partial charge in [-0.25, -0.2) is 23.1 Å². The zero-order chi connectivity index (χ0) is 23.0. The minimum Gasteiger partial charge on any atom is -0.378 e. The second-order valence-electron chi connectivity index (χ2n) is 8.47. The molecule has 5 rings (SSSR count). The van der Waals surface area contributed by atoms with Gasteiger partial charge in [-0.05, 0) is 43.0 Å². The molecular weight excluding hydrogens is 444 g/mol. The summed E-state index contributed by atoms with van der Waals surface area (Å²) in [5.41, 5.74) is 2.79. The van der Waals surface area contributed by atoms with Crippen molar-refractivity contribution in [2.75, 3.05) is 61.1 Å². The Hall–Kier alpha value is -2.76. The highest BCUT2D eigenvalue weighted by Gasteiger charge is 2.32. The molecule has 0 saturated carbocycles. The Balaban J connectivity index is 1.22. The van der Waals surface area contributed by atoms with Crippen molar-refractivity contribution in [3.63, 3.8) is 0 Å². The van der Waals surface area contributed by atoms with Gasteiger partial charge < -0.3 is 19.9 Å². The molecule has 3 aliphatic heterocycles. The van der Waals surface area contributed by atoms with E-state index in [9.17, 15) is 13.2 Å². The third-order valence-electron chi connectivity index (χ3n) is 6.22. The molecule has 0 unspecified atom stereocenters. The first kappa shape index (κ1) is 22.1. The fourth-order valence-electron chi connectivity index (χ4n) is 4.64. The smallest absolute Gasteiger partial charge is 0.240 e. The topological polar surface area (TPSA) is 117 Å². The Morgan fingerprint density at radius 3 is 2.55 bits per heavy atom. The number of morpholine rings is 1. The van der Waals surface area contributed by atoms with E-state index in [1.807, 2.05) is 13.0 Å². The van der Waals surface area contributed by atoms with Crippen LogP contribution in [0.15, 0.2) is 23.1 Å². The second-order valence-corrected chi connectivity index (χ2v) is 10.2. The van der Waals surface area contributed by atoms with E-state index in [4.69, 9.17) is 4.74 Å². The van der Waals surface area contributed by atoms with Gasteiger partial charge in [-0.15, -0.1) is 0 Å². The second kappa shape index (κ2) is 8.88. The van der Waals surface area contributed by atoms with Gasteiger partial charge in [-0.1, -0.05) is 0 Å². The molecule has 1 aromatic heterocycles. The Bertz CT molecular complexity index is 1180. The molecule has 10 nitrogen and oxygen atoms in total. The van der Waals surface area contributed by atoms with Gasteiger partial charge in [0.2, 0.25) is 15.9 Å². The summed E-state index contributed by atoms with van der Waals surface area (Å²) in [6, 6.07) is 5.29. The third kappa shape index (κ3) is 4.53. The summed E-state index contributed by atoms with van der Waals surface area (Å²) in [4.78, 5) is 25.2. The van der Waals surface area contributed by atoms with Crippen molar-refractivity contribution in [2.24, 2.45) is 0 Å². The number of amides is 1. The zero-order valence-corrected chi connectivity index (χ0v) is 19.4. The van der Waals surface area contributed by atoms with Gasteiger partial charge in [0.15, 0.2) is 0 Å². The summed E-state index contributed by atoms with van der Waals surface area (Å²) >= 11 is 0. The Kier molecular flexibility index (Phi) is 5.94. The van der Waals surface area contributed by atoms with Crippen LogP contribution in [0.4, 0.5) is 17.3 Å². The first-order valence-corrected chi connectivity index (χ1v) is 12.8. The number of rotatable bonds is 7. The van der Waals surface area contributed by atoms with Gasteiger partial charge in [0.25, 0.3) is 0 Å². The fourth-order valence-corrected chi connectivity index (χ4v) is 5.77. The van der Waals surface area contributed by atoms with Crippen LogP contribution in [0.5, 0.6) is 0 Å². The average Bonchev–Trinajstić information content (AvgIpc) is 3.25. The lowest BCUT2D eigenvalue weighted by molar-refractivity contribution is -0.118. The maximum atomic E-state index is 12.9. The summed E-state index contributed by atoms with van der Waals surface area (Å²) in [6.45, 7) is 5.99. The summed E-state index contributed by atoms with van der Waals surface area (Å²) < 4.78 is 33.9. The quantitative estimate of drug-likeness (QED) is 0.570. The minimum atomic E-state index is -3.66. The maximum absolute atomic E-state index is 12.9. The molecular formula is C22H28N6O4S. The highest BCUT2D eigenvalue weighted by atomic mass is 32.2. The normalized spacial score (nSPS) is 17.9. The highest BCUT2D eigenvalue weighted by molar-refractivity contribution is 7.89. The van der Waals surface area contributed by atoms with Crippen LogP contribution in [0.3, 0.4) is 0 Å². The van der Waals surface area contributed by atoms with Crippen LogP contribution in [0.1, 0.15) is 23.4 Å². The monoisotopic (exact) mass is 472 g/mol. The van der Waals surface area contributed by atoms with Crippen LogP contribution in [0, 0.1) is 6.92 Å². The molecule has 0 bridgehead atoms. The molecule has 2 N–H and O–H groups in total. The standard InChI is InChI=1S/C22H28N6O4S/c1-15-25-19(14-20(26-15)27-8-10-32-11-9-27)23-5-6-24-33(30,31)18-12-16-2-3-21(29)28-7-4-17(13-18)22(16)28/h12-14,24H,2-11H2,1H3,(H,23,25,26). The molecule has 4 heterocycles. The molecule has 33 heavy (non-hydrogen) atoms. The molecule has 11 heteroatoms. The van der Waals surface area contributed by atoms with Crippen molar-refractivity contribution in [1.82, 2.24) is 14.7 Å². The van der Waals surface area contributed by atoms with Crippen LogP contribution < -0.4 is 19.8 Å². The molecule has 3 aliphatic rings. The molecule has 176 valence electrons. The number of nitrogens with zero attached hydrogens (tertiary/aromatic N) is 4. The number of hydrogen-bond acceptors (Lipinski definition) is 8. The molecule has 2 aromatic rings. The number of carbonyl (C=O) groups is 1. The number of anilines is 3. The maximum Gasteiger partial charge on any atom is 0.240 e. The molecule has 1 amide bonds. The van der Waals surface area contributed by atoms with E-state index in [1.165, 1.54) is 0 Å². The molecule has 0 aliphatic carbocycles. The number of aromatic nitrogens is 2. The van der Waals surface area contributed by atoms with Crippen molar-refractivity contribution in [3.8, 4) is 0 Å².